The van der Waals surface area contributed by atoms with Crippen LogP contribution in [0.1, 0.15) is 95.9 Å². The van der Waals surface area contributed by atoms with Gasteiger partial charge in [0, 0.05) is 18.4 Å². The smallest absolute Gasteiger partial charge is 0.323 e. The summed E-state index contributed by atoms with van der Waals surface area (Å²) in [6.07, 6.45) is 4.00. The standard InChI is InChI=1S/C35H56O4Si2/c1-16-30(19-21-41(27(8)9,28(10)11)29(12)13)32-23-35(33(36)38-14,34(37)39-15)22-31(32)18-17-20-40(24(2)3,25(4)5)26(6)7/h16,18,24-29H,1,22-23H2,2-15H3/b31-18+,32-30-. The maximum atomic E-state index is 13.2. The molecule has 6 heteroatoms. The normalized spacial score (nSPS) is 17.6. The van der Waals surface area contributed by atoms with Gasteiger partial charge in [-0.3, -0.25) is 9.59 Å². The van der Waals surface area contributed by atoms with E-state index >= 15 is 0 Å². The van der Waals surface area contributed by atoms with E-state index in [4.69, 9.17) is 9.47 Å². The molecule has 1 aliphatic rings. The Bertz CT molecular complexity index is 1100. The molecule has 1 fully saturated rings. The first-order valence-corrected chi connectivity index (χ1v) is 19.7. The molecule has 0 aromatic carbocycles. The first kappa shape index (κ1) is 36.7. The first-order valence-electron chi connectivity index (χ1n) is 15.2. The summed E-state index contributed by atoms with van der Waals surface area (Å²) in [6.45, 7) is 31.5. The number of carbonyl (C=O) groups excluding carboxylic acids is 2. The predicted octanol–water partition coefficient (Wildman–Crippen LogP) is 8.96. The van der Waals surface area contributed by atoms with Gasteiger partial charge in [-0.1, -0.05) is 108 Å². The van der Waals surface area contributed by atoms with E-state index in [0.29, 0.717) is 33.2 Å². The fourth-order valence-electron chi connectivity index (χ4n) is 7.62. The summed E-state index contributed by atoms with van der Waals surface area (Å²) in [7, 11) is -1.38. The molecule has 1 aliphatic carbocycles. The summed E-state index contributed by atoms with van der Waals surface area (Å²) in [4.78, 5) is 26.3. The van der Waals surface area contributed by atoms with Gasteiger partial charge in [-0.05, 0) is 50.5 Å². The topological polar surface area (TPSA) is 52.6 Å². The number of ether oxygens (including phenoxy) is 2. The van der Waals surface area contributed by atoms with Gasteiger partial charge in [0.1, 0.15) is 16.1 Å². The fraction of sp³-hybridized carbons (Fsp3) is 0.657. The van der Waals surface area contributed by atoms with E-state index in [-0.39, 0.29) is 12.8 Å². The van der Waals surface area contributed by atoms with Crippen molar-refractivity contribution in [2.24, 2.45) is 5.41 Å². The summed E-state index contributed by atoms with van der Waals surface area (Å²) in [5, 5.41) is 0. The SMILES string of the molecule is C=C/C(C#C[Si](C(C)C)(C(C)C)C(C)C)=C1\CC(C(=O)OC)(C(=O)OC)C\C1=C/C#C[Si](C(C)C)(C(C)C)C(C)C. The van der Waals surface area contributed by atoms with Crippen molar-refractivity contribution >= 4 is 28.1 Å². The number of hydrogen-bond acceptors (Lipinski definition) is 4. The Balaban J connectivity index is 4.11. The zero-order valence-corrected chi connectivity index (χ0v) is 30.4. The first-order chi connectivity index (χ1) is 19.0. The third-order valence-electron chi connectivity index (χ3n) is 9.72. The second-order valence-electron chi connectivity index (χ2n) is 13.5. The molecule has 1 saturated carbocycles. The second-order valence-corrected chi connectivity index (χ2v) is 24.7. The van der Waals surface area contributed by atoms with E-state index < -0.39 is 33.5 Å². The number of rotatable bonds is 9. The van der Waals surface area contributed by atoms with Crippen LogP contribution < -0.4 is 0 Å². The van der Waals surface area contributed by atoms with Crippen LogP contribution in [0.5, 0.6) is 0 Å². The van der Waals surface area contributed by atoms with E-state index in [1.165, 1.54) is 14.2 Å². The third kappa shape index (κ3) is 7.03. The number of carbonyl (C=O) groups is 2. The second kappa shape index (κ2) is 14.7. The van der Waals surface area contributed by atoms with Gasteiger partial charge in [0.15, 0.2) is 5.41 Å². The van der Waals surface area contributed by atoms with E-state index in [0.717, 1.165) is 16.7 Å². The van der Waals surface area contributed by atoms with Crippen molar-refractivity contribution in [3.63, 3.8) is 0 Å². The summed E-state index contributed by atoms with van der Waals surface area (Å²) >= 11 is 0. The van der Waals surface area contributed by atoms with Gasteiger partial charge in [-0.25, -0.2) is 0 Å². The van der Waals surface area contributed by atoms with Crippen molar-refractivity contribution in [1.29, 1.82) is 0 Å². The molecule has 0 atom stereocenters. The Hall–Kier alpha value is -2.29. The van der Waals surface area contributed by atoms with Crippen molar-refractivity contribution in [1.82, 2.24) is 0 Å². The fourth-order valence-corrected chi connectivity index (χ4v) is 18.0. The molecule has 0 aromatic rings. The van der Waals surface area contributed by atoms with Crippen LogP contribution in [0.25, 0.3) is 0 Å². The predicted molar refractivity (Wildman–Crippen MR) is 179 cm³/mol. The number of allylic oxidation sites excluding steroid dienone is 5. The van der Waals surface area contributed by atoms with Crippen LogP contribution in [0.2, 0.25) is 33.2 Å². The molecular weight excluding hydrogens is 541 g/mol. The van der Waals surface area contributed by atoms with Crippen molar-refractivity contribution in [3.05, 3.63) is 35.5 Å². The zero-order chi connectivity index (χ0) is 31.9. The lowest BCUT2D eigenvalue weighted by Crippen LogP contribution is -2.43. The van der Waals surface area contributed by atoms with E-state index in [1.807, 2.05) is 6.08 Å². The lowest BCUT2D eigenvalue weighted by atomic mass is 9.85. The van der Waals surface area contributed by atoms with Crippen LogP contribution >= 0.6 is 0 Å². The minimum atomic E-state index is -2.03. The molecule has 1 rings (SSSR count). The van der Waals surface area contributed by atoms with Crippen molar-refractivity contribution in [3.8, 4) is 22.9 Å². The molecule has 0 heterocycles. The molecule has 0 saturated heterocycles. The lowest BCUT2D eigenvalue weighted by Gasteiger charge is -2.38. The average Bonchev–Trinajstić information content (AvgIpc) is 3.27. The number of methoxy groups -OCH3 is 2. The highest BCUT2D eigenvalue weighted by atomic mass is 28.3. The Morgan fingerprint density at radius 3 is 1.46 bits per heavy atom. The maximum absolute atomic E-state index is 13.2. The largest absolute Gasteiger partial charge is 0.468 e. The van der Waals surface area contributed by atoms with Crippen molar-refractivity contribution in [2.45, 2.75) is 129 Å². The monoisotopic (exact) mass is 596 g/mol. The molecule has 0 radical (unpaired) electrons. The van der Waals surface area contributed by atoms with Gasteiger partial charge in [0.2, 0.25) is 0 Å². The molecule has 41 heavy (non-hydrogen) atoms. The van der Waals surface area contributed by atoms with Gasteiger partial charge in [-0.15, -0.1) is 11.1 Å². The van der Waals surface area contributed by atoms with Gasteiger partial charge in [0.05, 0.1) is 14.2 Å². The van der Waals surface area contributed by atoms with Gasteiger partial charge < -0.3 is 9.47 Å². The van der Waals surface area contributed by atoms with Crippen LogP contribution in [0.3, 0.4) is 0 Å². The molecule has 0 bridgehead atoms. The van der Waals surface area contributed by atoms with Gasteiger partial charge in [0.25, 0.3) is 0 Å². The van der Waals surface area contributed by atoms with Crippen LogP contribution in [0.4, 0.5) is 0 Å². The highest BCUT2D eigenvalue weighted by Crippen LogP contribution is 2.49. The van der Waals surface area contributed by atoms with Crippen LogP contribution in [0, 0.1) is 28.3 Å². The summed E-state index contributed by atoms with van der Waals surface area (Å²) < 4.78 is 10.3. The minimum absolute atomic E-state index is 0.149. The molecule has 0 amide bonds. The molecule has 0 N–H and O–H groups in total. The minimum Gasteiger partial charge on any atom is -0.468 e. The van der Waals surface area contributed by atoms with E-state index in [9.17, 15) is 9.59 Å². The highest BCUT2D eigenvalue weighted by Gasteiger charge is 2.54. The summed E-state index contributed by atoms with van der Waals surface area (Å²) in [6, 6.07) is 0. The molecule has 228 valence electrons. The van der Waals surface area contributed by atoms with E-state index in [1.54, 1.807) is 6.08 Å². The molecule has 0 aliphatic heterocycles. The van der Waals surface area contributed by atoms with Crippen LogP contribution in [-0.2, 0) is 19.1 Å². The highest BCUT2D eigenvalue weighted by molar-refractivity contribution is 6.91. The molecule has 0 unspecified atom stereocenters. The van der Waals surface area contributed by atoms with Crippen molar-refractivity contribution in [2.75, 3.05) is 14.2 Å². The van der Waals surface area contributed by atoms with E-state index in [2.05, 4.69) is 113 Å². The zero-order valence-electron chi connectivity index (χ0n) is 28.4. The number of esters is 2. The molecular formula is C35H56O4Si2. The average molecular weight is 597 g/mol. The van der Waals surface area contributed by atoms with Crippen LogP contribution in [0.15, 0.2) is 35.5 Å². The van der Waals surface area contributed by atoms with Crippen molar-refractivity contribution < 1.29 is 19.1 Å². The summed E-state index contributed by atoms with van der Waals surface area (Å²) in [5.74, 6) is 5.77. The maximum Gasteiger partial charge on any atom is 0.323 e. The quantitative estimate of drug-likeness (QED) is 0.115. The molecule has 4 nitrogen and oxygen atoms in total. The Kier molecular flexibility index (Phi) is 13.2. The Morgan fingerprint density at radius 1 is 0.732 bits per heavy atom. The summed E-state index contributed by atoms with van der Waals surface area (Å²) in [5.41, 5.74) is 11.4. The Labute approximate surface area is 253 Å². The third-order valence-corrected chi connectivity index (χ3v) is 22.3. The number of hydrogen-bond donors (Lipinski definition) is 0. The Morgan fingerprint density at radius 2 is 1.12 bits per heavy atom. The lowest BCUT2D eigenvalue weighted by molar-refractivity contribution is -0.168. The molecule has 0 aromatic heterocycles. The molecule has 0 spiro atoms. The van der Waals surface area contributed by atoms with Gasteiger partial charge in [-0.2, -0.15) is 0 Å². The van der Waals surface area contributed by atoms with Crippen LogP contribution in [-0.4, -0.2) is 42.3 Å². The van der Waals surface area contributed by atoms with Gasteiger partial charge >= 0.3 is 11.9 Å².